The largest absolute Gasteiger partial charge is 0.444 e. The molecule has 2 aromatic carbocycles. The molecular weight excluding hydrogens is 474 g/mol. The maximum absolute atomic E-state index is 12.4. The van der Waals surface area contributed by atoms with Gasteiger partial charge in [-0.15, -0.1) is 0 Å². The molecule has 4 rings (SSSR count). The second kappa shape index (κ2) is 11.7. The molecule has 1 aliphatic heterocycles. The zero-order valence-corrected chi connectivity index (χ0v) is 23.0. The molecule has 0 saturated carbocycles. The van der Waals surface area contributed by atoms with Crippen LogP contribution in [0.25, 0.3) is 5.57 Å². The van der Waals surface area contributed by atoms with Crippen LogP contribution in [0.1, 0.15) is 79.1 Å². The molecule has 38 heavy (non-hydrogen) atoms. The quantitative estimate of drug-likeness (QED) is 0.304. The number of carbonyl (C=O) groups is 1. The average Bonchev–Trinajstić information content (AvgIpc) is 2.89. The number of amides is 1. The van der Waals surface area contributed by atoms with Crippen molar-refractivity contribution in [1.29, 1.82) is 0 Å². The van der Waals surface area contributed by atoms with Crippen LogP contribution in [-0.4, -0.2) is 34.7 Å². The molecule has 1 amide bonds. The molecular formula is C32H37N3O3. The predicted molar refractivity (Wildman–Crippen MR) is 152 cm³/mol. The summed E-state index contributed by atoms with van der Waals surface area (Å²) < 4.78 is 5.52. The highest BCUT2D eigenvalue weighted by Crippen LogP contribution is 2.38. The summed E-state index contributed by atoms with van der Waals surface area (Å²) in [4.78, 5) is 30.4. The smallest absolute Gasteiger partial charge is 0.410 e. The Kier molecular flexibility index (Phi) is 8.40. The van der Waals surface area contributed by atoms with Gasteiger partial charge in [0.2, 0.25) is 0 Å². The summed E-state index contributed by atoms with van der Waals surface area (Å²) in [7, 11) is 0. The third-order valence-electron chi connectivity index (χ3n) is 7.00. The highest BCUT2D eigenvalue weighted by atomic mass is 16.6. The molecule has 6 heteroatoms. The van der Waals surface area contributed by atoms with Crippen molar-refractivity contribution >= 4 is 11.7 Å². The van der Waals surface area contributed by atoms with E-state index in [0.717, 1.165) is 28.8 Å². The Morgan fingerprint density at radius 1 is 1.05 bits per heavy atom. The summed E-state index contributed by atoms with van der Waals surface area (Å²) in [5.74, 6) is 0.0180. The van der Waals surface area contributed by atoms with E-state index in [4.69, 9.17) is 4.74 Å². The highest BCUT2D eigenvalue weighted by Gasteiger charge is 2.25. The fourth-order valence-electron chi connectivity index (χ4n) is 5.01. The molecule has 2 atom stereocenters. The number of carbonyl (C=O) groups excluding carboxylic acids is 1. The summed E-state index contributed by atoms with van der Waals surface area (Å²) in [6.07, 6.45) is 4.93. The van der Waals surface area contributed by atoms with Crippen molar-refractivity contribution in [3.63, 3.8) is 0 Å². The van der Waals surface area contributed by atoms with Crippen molar-refractivity contribution in [3.05, 3.63) is 111 Å². The monoisotopic (exact) mass is 511 g/mol. The topological polar surface area (TPSA) is 71.9 Å². The fraction of sp³-hybridized carbons (Fsp3) is 0.375. The standard InChI is InChI=1S/C32H37N3O3/c1-22-8-6-7-9-28(22)29(21-30(34-37)27-14-17-33-23(2)20-27)26-12-10-24(11-13-26)25-15-18-35(19-16-25)31(36)38-32(3,4)5/h6-15,17,20,29-30H,16,18-19,21H2,1-5H3/t29-,30?/m1/s1. The van der Waals surface area contributed by atoms with Crippen LogP contribution in [0.2, 0.25) is 0 Å². The predicted octanol–water partition coefficient (Wildman–Crippen LogP) is 7.75. The van der Waals surface area contributed by atoms with Gasteiger partial charge in [-0.1, -0.05) is 59.8 Å². The van der Waals surface area contributed by atoms with E-state index in [1.807, 2.05) is 52.0 Å². The molecule has 2 heterocycles. The summed E-state index contributed by atoms with van der Waals surface area (Å²) >= 11 is 0. The van der Waals surface area contributed by atoms with Gasteiger partial charge in [0.1, 0.15) is 11.6 Å². The number of aromatic nitrogens is 1. The Hall–Kier alpha value is -3.80. The van der Waals surface area contributed by atoms with Crippen molar-refractivity contribution in [1.82, 2.24) is 9.88 Å². The molecule has 1 aliphatic rings. The van der Waals surface area contributed by atoms with Crippen molar-refractivity contribution in [2.45, 2.75) is 65.0 Å². The lowest BCUT2D eigenvalue weighted by Crippen LogP contribution is -2.39. The Morgan fingerprint density at radius 2 is 1.79 bits per heavy atom. The van der Waals surface area contributed by atoms with E-state index >= 15 is 0 Å². The maximum Gasteiger partial charge on any atom is 0.410 e. The van der Waals surface area contributed by atoms with Crippen LogP contribution in [0.3, 0.4) is 0 Å². The number of nitrogens with zero attached hydrogens (tertiary/aromatic N) is 3. The number of benzene rings is 2. The number of aryl methyl sites for hydroxylation is 2. The molecule has 0 saturated heterocycles. The summed E-state index contributed by atoms with van der Waals surface area (Å²) in [5.41, 5.74) is 7.18. The summed E-state index contributed by atoms with van der Waals surface area (Å²) in [5, 5.41) is 3.52. The second-order valence-corrected chi connectivity index (χ2v) is 11.0. The first-order valence-electron chi connectivity index (χ1n) is 13.2. The van der Waals surface area contributed by atoms with E-state index < -0.39 is 11.6 Å². The van der Waals surface area contributed by atoms with E-state index in [2.05, 4.69) is 59.6 Å². The van der Waals surface area contributed by atoms with Crippen LogP contribution in [0.4, 0.5) is 4.79 Å². The van der Waals surface area contributed by atoms with Gasteiger partial charge >= 0.3 is 6.09 Å². The zero-order chi connectivity index (χ0) is 27.3. The van der Waals surface area contributed by atoms with Gasteiger partial charge in [0, 0.05) is 30.9 Å². The molecule has 0 N–H and O–H groups in total. The first kappa shape index (κ1) is 27.2. The average molecular weight is 512 g/mol. The molecule has 1 unspecified atom stereocenters. The molecule has 198 valence electrons. The molecule has 0 fully saturated rings. The number of rotatable bonds is 7. The molecule has 0 radical (unpaired) electrons. The third kappa shape index (κ3) is 6.74. The van der Waals surface area contributed by atoms with Gasteiger partial charge in [-0.05, 0) is 93.0 Å². The van der Waals surface area contributed by atoms with Gasteiger partial charge in [-0.25, -0.2) is 4.79 Å². The van der Waals surface area contributed by atoms with Crippen LogP contribution in [0, 0.1) is 18.8 Å². The Balaban J connectivity index is 1.56. The van der Waals surface area contributed by atoms with Crippen molar-refractivity contribution in [2.75, 3.05) is 13.1 Å². The Labute approximate surface area is 225 Å². The van der Waals surface area contributed by atoms with Gasteiger partial charge in [0.25, 0.3) is 0 Å². The van der Waals surface area contributed by atoms with E-state index in [1.54, 1.807) is 11.1 Å². The minimum absolute atomic E-state index is 0.0180. The first-order chi connectivity index (χ1) is 18.1. The lowest BCUT2D eigenvalue weighted by Gasteiger charge is -2.29. The van der Waals surface area contributed by atoms with Crippen molar-refractivity contribution in [3.8, 4) is 0 Å². The third-order valence-corrected chi connectivity index (χ3v) is 7.00. The first-order valence-corrected chi connectivity index (χ1v) is 13.2. The van der Waals surface area contributed by atoms with Crippen LogP contribution >= 0.6 is 0 Å². The summed E-state index contributed by atoms with van der Waals surface area (Å²) in [6.45, 7) is 10.9. The van der Waals surface area contributed by atoms with Crippen molar-refractivity contribution in [2.24, 2.45) is 5.18 Å². The minimum Gasteiger partial charge on any atom is -0.444 e. The minimum atomic E-state index is -0.501. The normalized spacial score (nSPS) is 15.4. The highest BCUT2D eigenvalue weighted by molar-refractivity contribution is 5.73. The maximum atomic E-state index is 12.4. The number of ether oxygens (including phenoxy) is 1. The lowest BCUT2D eigenvalue weighted by molar-refractivity contribution is 0.0270. The van der Waals surface area contributed by atoms with Gasteiger partial charge < -0.3 is 9.64 Å². The Bertz CT molecular complexity index is 1310. The van der Waals surface area contributed by atoms with Crippen LogP contribution in [0.15, 0.2) is 78.1 Å². The molecule has 0 bridgehead atoms. The van der Waals surface area contributed by atoms with Crippen molar-refractivity contribution < 1.29 is 9.53 Å². The number of hydrogen-bond acceptors (Lipinski definition) is 5. The van der Waals surface area contributed by atoms with Crippen LogP contribution < -0.4 is 0 Å². The lowest BCUT2D eigenvalue weighted by atomic mass is 9.82. The molecule has 3 aromatic rings. The molecule has 0 aliphatic carbocycles. The fourth-order valence-corrected chi connectivity index (χ4v) is 5.01. The number of nitroso groups, excluding NO2 is 1. The van der Waals surface area contributed by atoms with Gasteiger partial charge in [-0.2, -0.15) is 4.91 Å². The van der Waals surface area contributed by atoms with Gasteiger partial charge in [-0.3, -0.25) is 4.98 Å². The van der Waals surface area contributed by atoms with Gasteiger partial charge in [0.05, 0.1) is 0 Å². The zero-order valence-electron chi connectivity index (χ0n) is 23.0. The van der Waals surface area contributed by atoms with Crippen LogP contribution in [0.5, 0.6) is 0 Å². The second-order valence-electron chi connectivity index (χ2n) is 11.0. The van der Waals surface area contributed by atoms with E-state index in [0.29, 0.717) is 19.5 Å². The van der Waals surface area contributed by atoms with E-state index in [-0.39, 0.29) is 12.0 Å². The SMILES string of the molecule is Cc1cc(C(C[C@H](c2ccc(C3=CCN(C(=O)OC(C)(C)C)CC3)cc2)c2ccccc2C)N=O)ccn1. The Morgan fingerprint density at radius 3 is 2.39 bits per heavy atom. The van der Waals surface area contributed by atoms with Gasteiger partial charge in [0.15, 0.2) is 0 Å². The van der Waals surface area contributed by atoms with Crippen LogP contribution in [-0.2, 0) is 4.74 Å². The van der Waals surface area contributed by atoms with E-state index in [9.17, 15) is 9.70 Å². The number of hydrogen-bond donors (Lipinski definition) is 0. The molecule has 1 aromatic heterocycles. The van der Waals surface area contributed by atoms with E-state index in [1.165, 1.54) is 16.7 Å². The summed E-state index contributed by atoms with van der Waals surface area (Å²) in [6, 6.07) is 20.3. The molecule has 0 spiro atoms. The number of pyridine rings is 1. The molecule has 6 nitrogen and oxygen atoms in total.